The summed E-state index contributed by atoms with van der Waals surface area (Å²) in [5, 5.41) is 3.04. The second-order valence-corrected chi connectivity index (χ2v) is 9.96. The number of nitrogens with zero attached hydrogens (tertiary/aromatic N) is 2. The van der Waals surface area contributed by atoms with Crippen molar-refractivity contribution in [2.45, 2.75) is 13.8 Å². The highest BCUT2D eigenvalue weighted by Gasteiger charge is 2.39. The molecule has 0 bridgehead atoms. The largest absolute Gasteiger partial charge is 0.272 e. The van der Waals surface area contributed by atoms with Gasteiger partial charge < -0.3 is 0 Å². The molecule has 0 radical (unpaired) electrons. The molecule has 4 rings (SSSR count). The molecule has 0 saturated heterocycles. The van der Waals surface area contributed by atoms with E-state index in [-0.39, 0.29) is 0 Å². The predicted octanol–water partition coefficient (Wildman–Crippen LogP) is 5.84. The van der Waals surface area contributed by atoms with E-state index in [1.807, 2.05) is 121 Å². The molecular formula is C31H28N4O2S2. The molecule has 39 heavy (non-hydrogen) atoms. The molecule has 2 amide bonds. The third-order valence-electron chi connectivity index (χ3n) is 6.04. The molecule has 196 valence electrons. The van der Waals surface area contributed by atoms with Gasteiger partial charge in [0.15, 0.2) is 0 Å². The topological polar surface area (TPSA) is 64.7 Å². The van der Waals surface area contributed by atoms with Crippen LogP contribution >= 0.6 is 24.4 Å². The first-order valence-electron chi connectivity index (χ1n) is 12.3. The van der Waals surface area contributed by atoms with Gasteiger partial charge in [-0.3, -0.25) is 20.4 Å². The van der Waals surface area contributed by atoms with Crippen molar-refractivity contribution in [3.8, 4) is 0 Å². The molecule has 0 spiro atoms. The fourth-order valence-corrected chi connectivity index (χ4v) is 4.20. The lowest BCUT2D eigenvalue weighted by atomic mass is 9.91. The summed E-state index contributed by atoms with van der Waals surface area (Å²) in [6.45, 7) is 3.11. The van der Waals surface area contributed by atoms with E-state index in [0.29, 0.717) is 21.4 Å². The van der Waals surface area contributed by atoms with Gasteiger partial charge >= 0.3 is 0 Å². The highest BCUT2D eigenvalue weighted by atomic mass is 32.1. The van der Waals surface area contributed by atoms with Gasteiger partial charge in [0, 0.05) is 11.1 Å². The van der Waals surface area contributed by atoms with Crippen LogP contribution in [0.4, 0.5) is 11.4 Å². The minimum atomic E-state index is -1.50. The molecule has 0 aromatic heterocycles. The number of thiocarbonyl (C=S) groups is 2. The number of amides is 2. The number of carbonyl (C=O) groups is 2. The van der Waals surface area contributed by atoms with E-state index in [1.54, 1.807) is 13.8 Å². The van der Waals surface area contributed by atoms with Crippen LogP contribution < -0.4 is 20.9 Å². The number of hydrogen-bond acceptors (Lipinski definition) is 4. The number of carbonyl (C=O) groups excluding carboxylic acids is 2. The number of para-hydroxylation sites is 2. The number of nitrogens with one attached hydrogen (secondary N) is 2. The highest BCUT2D eigenvalue weighted by Crippen LogP contribution is 2.22. The van der Waals surface area contributed by atoms with E-state index in [0.717, 1.165) is 11.1 Å². The summed E-state index contributed by atoms with van der Waals surface area (Å²) in [6, 6.07) is 37.2. The first-order valence-corrected chi connectivity index (χ1v) is 13.1. The number of benzene rings is 4. The Hall–Kier alpha value is -4.40. The summed E-state index contributed by atoms with van der Waals surface area (Å²) in [4.78, 5) is 28.1. The first kappa shape index (κ1) is 27.6. The highest BCUT2D eigenvalue weighted by molar-refractivity contribution is 7.81. The number of anilines is 2. The van der Waals surface area contributed by atoms with Gasteiger partial charge in [-0.1, -0.05) is 121 Å². The van der Waals surface area contributed by atoms with Crippen LogP contribution in [0.5, 0.6) is 0 Å². The van der Waals surface area contributed by atoms with E-state index in [1.165, 1.54) is 10.0 Å². The molecule has 4 aromatic rings. The van der Waals surface area contributed by atoms with Crippen molar-refractivity contribution in [2.75, 3.05) is 10.0 Å². The Morgan fingerprint density at radius 2 is 0.821 bits per heavy atom. The number of rotatable bonds is 6. The Balaban J connectivity index is 1.59. The third kappa shape index (κ3) is 6.54. The van der Waals surface area contributed by atoms with Crippen LogP contribution in [0, 0.1) is 5.41 Å². The molecule has 0 aliphatic heterocycles. The van der Waals surface area contributed by atoms with Crippen LogP contribution in [-0.2, 0) is 9.59 Å². The SMILES string of the molecule is CC(C)(C(=O)NN(C(=S)c1ccccc1)c1ccccc1)C(=O)NN(C(=S)c1ccccc1)c1ccccc1. The van der Waals surface area contributed by atoms with Crippen molar-refractivity contribution in [3.63, 3.8) is 0 Å². The van der Waals surface area contributed by atoms with Gasteiger partial charge in [0.2, 0.25) is 0 Å². The fraction of sp³-hybridized carbons (Fsp3) is 0.0968. The maximum Gasteiger partial charge on any atom is 0.254 e. The van der Waals surface area contributed by atoms with Crippen LogP contribution in [0.15, 0.2) is 121 Å². The second-order valence-electron chi connectivity index (χ2n) is 9.19. The minimum Gasteiger partial charge on any atom is -0.272 e. The Bertz CT molecular complexity index is 1340. The van der Waals surface area contributed by atoms with Crippen LogP contribution in [0.1, 0.15) is 25.0 Å². The van der Waals surface area contributed by atoms with Gasteiger partial charge in [0.25, 0.3) is 11.8 Å². The quantitative estimate of drug-likeness (QED) is 0.178. The summed E-state index contributed by atoms with van der Waals surface area (Å²) in [5.41, 5.74) is 7.06. The molecular weight excluding hydrogens is 525 g/mol. The van der Waals surface area contributed by atoms with Crippen LogP contribution in [0.3, 0.4) is 0 Å². The van der Waals surface area contributed by atoms with Gasteiger partial charge in [-0.15, -0.1) is 0 Å². The van der Waals surface area contributed by atoms with Crippen molar-refractivity contribution >= 4 is 57.6 Å². The zero-order valence-electron chi connectivity index (χ0n) is 21.6. The van der Waals surface area contributed by atoms with Crippen molar-refractivity contribution in [1.82, 2.24) is 10.9 Å². The molecule has 6 nitrogen and oxygen atoms in total. The second kappa shape index (κ2) is 12.4. The molecule has 0 aliphatic rings. The monoisotopic (exact) mass is 552 g/mol. The summed E-state index contributed by atoms with van der Waals surface area (Å²) in [5.74, 6) is -1.08. The maximum atomic E-state index is 13.7. The average molecular weight is 553 g/mol. The molecule has 0 aliphatic carbocycles. The zero-order chi connectivity index (χ0) is 27.8. The van der Waals surface area contributed by atoms with Crippen molar-refractivity contribution in [3.05, 3.63) is 132 Å². The van der Waals surface area contributed by atoms with Crippen molar-refractivity contribution in [1.29, 1.82) is 0 Å². The van der Waals surface area contributed by atoms with Gasteiger partial charge in [0.05, 0.1) is 11.4 Å². The molecule has 0 unspecified atom stereocenters. The summed E-state index contributed by atoms with van der Waals surface area (Å²) >= 11 is 11.5. The molecule has 4 aromatic carbocycles. The van der Waals surface area contributed by atoms with Crippen molar-refractivity contribution in [2.24, 2.45) is 5.41 Å². The van der Waals surface area contributed by atoms with E-state index < -0.39 is 17.2 Å². The molecule has 0 saturated carbocycles. The molecule has 2 N–H and O–H groups in total. The number of hydrogen-bond donors (Lipinski definition) is 2. The van der Waals surface area contributed by atoms with Gasteiger partial charge in [-0.25, -0.2) is 10.0 Å². The van der Waals surface area contributed by atoms with Gasteiger partial charge in [0.1, 0.15) is 15.4 Å². The minimum absolute atomic E-state index is 0.391. The Kier molecular flexibility index (Phi) is 8.81. The molecule has 8 heteroatoms. The van der Waals surface area contributed by atoms with Crippen molar-refractivity contribution < 1.29 is 9.59 Å². The average Bonchev–Trinajstić information content (AvgIpc) is 2.99. The predicted molar refractivity (Wildman–Crippen MR) is 164 cm³/mol. The Morgan fingerprint density at radius 3 is 1.13 bits per heavy atom. The lowest BCUT2D eigenvalue weighted by Gasteiger charge is -2.33. The first-order chi connectivity index (χ1) is 18.8. The standard InChI is InChI=1S/C31H28N4O2S2/c1-31(2,29(36)32-34(25-19-11-5-12-20-25)27(38)23-15-7-3-8-16-23)30(37)33-35(26-21-13-6-14-22-26)28(39)24-17-9-4-10-18-24/h3-22H,1-2H3,(H,32,36)(H,33,37). The van der Waals surface area contributed by atoms with Gasteiger partial charge in [-0.2, -0.15) is 0 Å². The summed E-state index contributed by atoms with van der Waals surface area (Å²) in [7, 11) is 0. The van der Waals surface area contributed by atoms with Crippen LogP contribution in [-0.4, -0.2) is 21.8 Å². The third-order valence-corrected chi connectivity index (χ3v) is 6.88. The van der Waals surface area contributed by atoms with E-state index in [9.17, 15) is 9.59 Å². The zero-order valence-corrected chi connectivity index (χ0v) is 23.2. The van der Waals surface area contributed by atoms with E-state index in [2.05, 4.69) is 10.9 Å². The smallest absolute Gasteiger partial charge is 0.254 e. The Labute approximate surface area is 239 Å². The van der Waals surface area contributed by atoms with Crippen LogP contribution in [0.2, 0.25) is 0 Å². The van der Waals surface area contributed by atoms with E-state index in [4.69, 9.17) is 24.4 Å². The summed E-state index contributed by atoms with van der Waals surface area (Å²) < 4.78 is 0. The summed E-state index contributed by atoms with van der Waals surface area (Å²) in [6.07, 6.45) is 0. The Morgan fingerprint density at radius 1 is 0.538 bits per heavy atom. The van der Waals surface area contributed by atoms with Gasteiger partial charge in [-0.05, 0) is 38.1 Å². The lowest BCUT2D eigenvalue weighted by Crippen LogP contribution is -2.58. The fourth-order valence-electron chi connectivity index (χ4n) is 3.62. The molecule has 0 atom stereocenters. The van der Waals surface area contributed by atoms with Crippen LogP contribution in [0.25, 0.3) is 0 Å². The maximum absolute atomic E-state index is 13.7. The molecule has 0 fully saturated rings. The number of hydrazine groups is 2. The normalized spacial score (nSPS) is 10.7. The lowest BCUT2D eigenvalue weighted by molar-refractivity contribution is -0.141. The molecule has 0 heterocycles. The van der Waals surface area contributed by atoms with E-state index >= 15 is 0 Å².